The summed E-state index contributed by atoms with van der Waals surface area (Å²) in [6.45, 7) is 8.66. The summed E-state index contributed by atoms with van der Waals surface area (Å²) in [6.07, 6.45) is 1.10. The van der Waals surface area contributed by atoms with E-state index >= 15 is 0 Å². The lowest BCUT2D eigenvalue weighted by molar-refractivity contribution is 0.729. The Morgan fingerprint density at radius 3 is 2.00 bits per heavy atom. The second-order valence-electron chi connectivity index (χ2n) is 4.36. The molecule has 1 unspecified atom stereocenters. The Bertz CT molecular complexity index is 343. The Labute approximate surface area is 103 Å². The van der Waals surface area contributed by atoms with Gasteiger partial charge < -0.3 is 0 Å². The predicted octanol–water partition coefficient (Wildman–Crippen LogP) is 5.63. The monoisotopic (exact) mass is 244 g/mol. The summed E-state index contributed by atoms with van der Waals surface area (Å²) >= 11 is 12.4. The molecule has 0 aromatic heterocycles. The zero-order chi connectivity index (χ0) is 11.6. The maximum absolute atomic E-state index is 6.20. The van der Waals surface area contributed by atoms with Gasteiger partial charge in [-0.15, -0.1) is 0 Å². The van der Waals surface area contributed by atoms with Crippen LogP contribution in [0.1, 0.15) is 57.1 Å². The van der Waals surface area contributed by atoms with Crippen molar-refractivity contribution in [1.29, 1.82) is 0 Å². The second kappa shape index (κ2) is 5.23. The van der Waals surface area contributed by atoms with Crippen molar-refractivity contribution in [3.8, 4) is 0 Å². The number of benzene rings is 1. The highest BCUT2D eigenvalue weighted by atomic mass is 35.5. The lowest BCUT2D eigenvalue weighted by Gasteiger charge is -2.16. The minimum absolute atomic E-state index is 0.442. The van der Waals surface area contributed by atoms with E-state index in [1.165, 1.54) is 11.1 Å². The van der Waals surface area contributed by atoms with Crippen LogP contribution >= 0.6 is 23.2 Å². The van der Waals surface area contributed by atoms with Crippen molar-refractivity contribution in [2.45, 2.75) is 46.0 Å². The van der Waals surface area contributed by atoms with E-state index in [0.717, 1.165) is 16.5 Å². The summed E-state index contributed by atoms with van der Waals surface area (Å²) in [5.74, 6) is 0.935. The molecular weight excluding hydrogens is 227 g/mol. The van der Waals surface area contributed by atoms with Gasteiger partial charge in [0.05, 0.1) is 0 Å². The van der Waals surface area contributed by atoms with Crippen molar-refractivity contribution in [1.82, 2.24) is 0 Å². The molecule has 15 heavy (non-hydrogen) atoms. The van der Waals surface area contributed by atoms with Gasteiger partial charge in [0, 0.05) is 10.0 Å². The van der Waals surface area contributed by atoms with Crippen LogP contribution in [0.3, 0.4) is 0 Å². The van der Waals surface area contributed by atoms with Crippen LogP contribution in [0.25, 0.3) is 0 Å². The molecule has 1 aromatic carbocycles. The number of hydrogen-bond acceptors (Lipinski definition) is 0. The lowest BCUT2D eigenvalue weighted by atomic mass is 9.93. The van der Waals surface area contributed by atoms with E-state index in [-0.39, 0.29) is 0 Å². The van der Waals surface area contributed by atoms with Gasteiger partial charge in [-0.2, -0.15) is 0 Å². The number of rotatable bonds is 3. The molecule has 1 rings (SSSR count). The van der Waals surface area contributed by atoms with Crippen LogP contribution in [-0.2, 0) is 0 Å². The first kappa shape index (κ1) is 12.9. The van der Waals surface area contributed by atoms with Crippen molar-refractivity contribution in [3.05, 3.63) is 33.3 Å². The van der Waals surface area contributed by atoms with Gasteiger partial charge in [-0.25, -0.2) is 0 Å². The van der Waals surface area contributed by atoms with Crippen LogP contribution in [0.4, 0.5) is 0 Å². The van der Waals surface area contributed by atoms with E-state index in [1.807, 2.05) is 6.07 Å². The van der Waals surface area contributed by atoms with Gasteiger partial charge in [0.1, 0.15) is 0 Å². The molecule has 0 amide bonds. The summed E-state index contributed by atoms with van der Waals surface area (Å²) < 4.78 is 0. The molecule has 1 atom stereocenters. The summed E-state index contributed by atoms with van der Waals surface area (Å²) in [6, 6.07) is 4.03. The van der Waals surface area contributed by atoms with E-state index in [0.29, 0.717) is 11.8 Å². The summed E-state index contributed by atoms with van der Waals surface area (Å²) in [5, 5.41) is 1.57. The highest BCUT2D eigenvalue weighted by Crippen LogP contribution is 2.34. The SMILES string of the molecule is CCC(C)c1cc(C(C)C)c(Cl)cc1Cl. The Balaban J connectivity index is 3.23. The Hall–Kier alpha value is -0.200. The molecular formula is C13H18Cl2. The van der Waals surface area contributed by atoms with Gasteiger partial charge in [0.2, 0.25) is 0 Å². The molecule has 0 fully saturated rings. The zero-order valence-electron chi connectivity index (χ0n) is 9.77. The van der Waals surface area contributed by atoms with E-state index in [1.54, 1.807) is 0 Å². The lowest BCUT2D eigenvalue weighted by Crippen LogP contribution is -1.97. The smallest absolute Gasteiger partial charge is 0.0455 e. The molecule has 0 aliphatic rings. The average molecular weight is 245 g/mol. The minimum atomic E-state index is 0.442. The third kappa shape index (κ3) is 2.89. The van der Waals surface area contributed by atoms with Crippen LogP contribution in [0, 0.1) is 0 Å². The maximum atomic E-state index is 6.20. The first-order chi connectivity index (χ1) is 6.97. The standard InChI is InChI=1S/C13H18Cl2/c1-5-9(4)11-6-10(8(2)3)12(14)7-13(11)15/h6-9H,5H2,1-4H3. The van der Waals surface area contributed by atoms with Gasteiger partial charge in [-0.3, -0.25) is 0 Å². The molecule has 2 heteroatoms. The van der Waals surface area contributed by atoms with Gasteiger partial charge in [-0.05, 0) is 35.4 Å². The Morgan fingerprint density at radius 2 is 1.53 bits per heavy atom. The number of halogens is 2. The molecule has 0 spiro atoms. The summed E-state index contributed by atoms with van der Waals surface area (Å²) in [5.41, 5.74) is 2.41. The molecule has 0 saturated heterocycles. The molecule has 0 N–H and O–H groups in total. The minimum Gasteiger partial charge on any atom is -0.0840 e. The van der Waals surface area contributed by atoms with Crippen molar-refractivity contribution in [2.75, 3.05) is 0 Å². The normalized spacial score (nSPS) is 13.3. The third-order valence-electron chi connectivity index (χ3n) is 2.88. The predicted molar refractivity (Wildman–Crippen MR) is 69.3 cm³/mol. The largest absolute Gasteiger partial charge is 0.0840 e. The molecule has 0 bridgehead atoms. The molecule has 0 aliphatic heterocycles. The highest BCUT2D eigenvalue weighted by molar-refractivity contribution is 6.35. The van der Waals surface area contributed by atoms with Crippen molar-refractivity contribution in [3.63, 3.8) is 0 Å². The molecule has 0 heterocycles. The first-order valence-electron chi connectivity index (χ1n) is 5.46. The van der Waals surface area contributed by atoms with E-state index in [9.17, 15) is 0 Å². The van der Waals surface area contributed by atoms with E-state index < -0.39 is 0 Å². The van der Waals surface area contributed by atoms with Crippen LogP contribution in [-0.4, -0.2) is 0 Å². The van der Waals surface area contributed by atoms with E-state index in [4.69, 9.17) is 23.2 Å². The molecule has 0 radical (unpaired) electrons. The van der Waals surface area contributed by atoms with Crippen LogP contribution in [0.15, 0.2) is 12.1 Å². The van der Waals surface area contributed by atoms with Gasteiger partial charge in [0.15, 0.2) is 0 Å². The van der Waals surface area contributed by atoms with Gasteiger partial charge in [0.25, 0.3) is 0 Å². The third-order valence-corrected chi connectivity index (χ3v) is 3.54. The highest BCUT2D eigenvalue weighted by Gasteiger charge is 2.13. The maximum Gasteiger partial charge on any atom is 0.0455 e. The summed E-state index contributed by atoms with van der Waals surface area (Å²) in [7, 11) is 0. The quantitative estimate of drug-likeness (QED) is 0.647. The zero-order valence-corrected chi connectivity index (χ0v) is 11.3. The first-order valence-corrected chi connectivity index (χ1v) is 6.21. The molecule has 84 valence electrons. The Morgan fingerprint density at radius 1 is 1.00 bits per heavy atom. The van der Waals surface area contributed by atoms with Crippen molar-refractivity contribution < 1.29 is 0 Å². The molecule has 1 aromatic rings. The van der Waals surface area contributed by atoms with Crippen LogP contribution < -0.4 is 0 Å². The topological polar surface area (TPSA) is 0 Å². The Kier molecular flexibility index (Phi) is 4.48. The van der Waals surface area contributed by atoms with Crippen molar-refractivity contribution >= 4 is 23.2 Å². The van der Waals surface area contributed by atoms with Gasteiger partial charge >= 0.3 is 0 Å². The molecule has 0 nitrogen and oxygen atoms in total. The fourth-order valence-corrected chi connectivity index (χ4v) is 2.41. The van der Waals surface area contributed by atoms with Crippen LogP contribution in [0.2, 0.25) is 10.0 Å². The average Bonchev–Trinajstić information content (AvgIpc) is 2.16. The van der Waals surface area contributed by atoms with E-state index in [2.05, 4.69) is 33.8 Å². The van der Waals surface area contributed by atoms with Crippen LogP contribution in [0.5, 0.6) is 0 Å². The molecule has 0 aliphatic carbocycles. The second-order valence-corrected chi connectivity index (χ2v) is 5.17. The number of hydrogen-bond donors (Lipinski definition) is 0. The fourth-order valence-electron chi connectivity index (χ4n) is 1.62. The fraction of sp³-hybridized carbons (Fsp3) is 0.538. The van der Waals surface area contributed by atoms with Crippen molar-refractivity contribution in [2.24, 2.45) is 0 Å². The molecule has 0 saturated carbocycles. The van der Waals surface area contributed by atoms with Gasteiger partial charge in [-0.1, -0.05) is 57.0 Å². The summed E-state index contributed by atoms with van der Waals surface area (Å²) in [4.78, 5) is 0.